The van der Waals surface area contributed by atoms with Gasteiger partial charge in [-0.05, 0) is 35.4 Å². The molecular formula is C12H14N2O6P2. The third kappa shape index (κ3) is 5.51. The molecule has 2 rings (SSSR count). The molecule has 0 radical (unpaired) electrons. The molecule has 0 amide bonds. The Kier molecular flexibility index (Phi) is 6.54. The first-order valence-corrected chi connectivity index (χ1v) is 8.54. The normalized spacial score (nSPS) is 12.5. The van der Waals surface area contributed by atoms with Gasteiger partial charge in [-0.25, -0.2) is 0 Å². The monoisotopic (exact) mass is 344 g/mol. The van der Waals surface area contributed by atoms with E-state index in [1.165, 1.54) is 0 Å². The maximum absolute atomic E-state index is 10.6. The highest BCUT2D eigenvalue weighted by atomic mass is 31.2. The summed E-state index contributed by atoms with van der Waals surface area (Å²) in [5.41, 5.74) is 2.54. The molecule has 2 aromatic rings. The Morgan fingerprint density at radius 3 is 2.09 bits per heavy atom. The van der Waals surface area contributed by atoms with Crippen LogP contribution in [-0.4, -0.2) is 24.6 Å². The van der Waals surface area contributed by atoms with Gasteiger partial charge in [0.1, 0.15) is 0 Å². The minimum atomic E-state index is -2.98. The van der Waals surface area contributed by atoms with Crippen molar-refractivity contribution in [3.8, 4) is 11.4 Å². The van der Waals surface area contributed by atoms with E-state index in [1.54, 1.807) is 36.7 Å². The number of nitrogens with zero attached hydrogens (tertiary/aromatic N) is 2. The molecule has 1 atom stereocenters. The van der Waals surface area contributed by atoms with Crippen molar-refractivity contribution in [1.82, 2.24) is 9.97 Å². The van der Waals surface area contributed by atoms with Crippen LogP contribution in [0.15, 0.2) is 36.7 Å². The van der Waals surface area contributed by atoms with Gasteiger partial charge in [0.2, 0.25) is 0 Å². The molecule has 0 aliphatic heterocycles. The molecule has 0 saturated heterocycles. The molecule has 2 aromatic heterocycles. The van der Waals surface area contributed by atoms with Crippen molar-refractivity contribution in [2.24, 2.45) is 0 Å². The number of pyridine rings is 2. The van der Waals surface area contributed by atoms with Gasteiger partial charge < -0.3 is 23.7 Å². The van der Waals surface area contributed by atoms with E-state index in [2.05, 4.69) is 14.5 Å². The van der Waals surface area contributed by atoms with Gasteiger partial charge >= 0.3 is 16.9 Å². The highest BCUT2D eigenvalue weighted by Gasteiger charge is 2.06. The summed E-state index contributed by atoms with van der Waals surface area (Å²) >= 11 is 0. The predicted molar refractivity (Wildman–Crippen MR) is 79.6 cm³/mol. The van der Waals surface area contributed by atoms with E-state index in [0.29, 0.717) is 22.5 Å². The summed E-state index contributed by atoms with van der Waals surface area (Å²) in [4.78, 5) is 34.6. The van der Waals surface area contributed by atoms with Crippen molar-refractivity contribution in [2.45, 2.75) is 13.2 Å². The van der Waals surface area contributed by atoms with Gasteiger partial charge in [0, 0.05) is 12.4 Å². The van der Waals surface area contributed by atoms with Gasteiger partial charge in [0.05, 0.1) is 24.6 Å². The molecule has 0 spiro atoms. The Hall–Kier alpha value is -1.24. The average molecular weight is 344 g/mol. The summed E-state index contributed by atoms with van der Waals surface area (Å²) < 4.78 is 20.0. The Morgan fingerprint density at radius 2 is 1.59 bits per heavy atom. The standard InChI is InChI=1S/C12H14N2O6P2/c15-21(16)19-7-9-1-3-13-11(5-9)12-6-10(2-4-14-12)8-20-22(17)18/h1-6,15-16,22H,7-8H2,(H,17,18). The average Bonchev–Trinajstić information content (AvgIpc) is 2.51. The Bertz CT molecular complexity index is 655. The summed E-state index contributed by atoms with van der Waals surface area (Å²) in [6.07, 6.45) is 3.11. The minimum Gasteiger partial charge on any atom is -0.328 e. The second kappa shape index (κ2) is 8.41. The maximum Gasteiger partial charge on any atom is 0.327 e. The molecule has 0 saturated carbocycles. The number of aromatic nitrogens is 2. The Labute approximate surface area is 128 Å². The molecule has 10 heteroatoms. The van der Waals surface area contributed by atoms with E-state index < -0.39 is 16.9 Å². The van der Waals surface area contributed by atoms with Crippen molar-refractivity contribution < 1.29 is 28.3 Å². The fourth-order valence-electron chi connectivity index (χ4n) is 1.69. The lowest BCUT2D eigenvalue weighted by molar-refractivity contribution is 0.246. The van der Waals surface area contributed by atoms with Crippen molar-refractivity contribution in [2.75, 3.05) is 0 Å². The summed E-state index contributed by atoms with van der Waals surface area (Å²) in [5, 5.41) is 0. The van der Waals surface area contributed by atoms with Crippen molar-refractivity contribution >= 4 is 16.9 Å². The molecule has 0 fully saturated rings. The van der Waals surface area contributed by atoms with Crippen LogP contribution in [0.2, 0.25) is 0 Å². The molecule has 8 nitrogen and oxygen atoms in total. The van der Waals surface area contributed by atoms with E-state index in [9.17, 15) is 4.57 Å². The third-order valence-electron chi connectivity index (χ3n) is 2.62. The fraction of sp³-hybridized carbons (Fsp3) is 0.167. The van der Waals surface area contributed by atoms with Crippen LogP contribution in [0.1, 0.15) is 11.1 Å². The van der Waals surface area contributed by atoms with Crippen LogP contribution in [0, 0.1) is 0 Å². The molecule has 22 heavy (non-hydrogen) atoms. The van der Waals surface area contributed by atoms with Gasteiger partial charge in [0.15, 0.2) is 0 Å². The summed E-state index contributed by atoms with van der Waals surface area (Å²) in [6.45, 7) is 0.0510. The first-order valence-electron chi connectivity index (χ1n) is 6.11. The first kappa shape index (κ1) is 17.1. The van der Waals surface area contributed by atoms with Crippen LogP contribution in [-0.2, 0) is 26.8 Å². The molecule has 118 valence electrons. The largest absolute Gasteiger partial charge is 0.328 e. The van der Waals surface area contributed by atoms with Gasteiger partial charge in [-0.15, -0.1) is 0 Å². The molecule has 0 aliphatic carbocycles. The van der Waals surface area contributed by atoms with E-state index >= 15 is 0 Å². The first-order chi connectivity index (χ1) is 10.5. The molecule has 2 heterocycles. The van der Waals surface area contributed by atoms with Crippen molar-refractivity contribution in [1.29, 1.82) is 0 Å². The smallest absolute Gasteiger partial charge is 0.327 e. The number of rotatable bonds is 7. The SMILES string of the molecule is O=[PH](O)OCc1ccnc(-c2cc(COP(O)O)ccn2)c1. The molecule has 0 aliphatic rings. The lowest BCUT2D eigenvalue weighted by Crippen LogP contribution is -1.94. The highest BCUT2D eigenvalue weighted by molar-refractivity contribution is 7.39. The number of hydrogen-bond acceptors (Lipinski definition) is 7. The second-order valence-electron chi connectivity index (χ2n) is 4.18. The fourth-order valence-corrected chi connectivity index (χ4v) is 2.24. The Balaban J connectivity index is 2.15. The van der Waals surface area contributed by atoms with Gasteiger partial charge in [-0.1, -0.05) is 0 Å². The van der Waals surface area contributed by atoms with Crippen molar-refractivity contribution in [3.05, 3.63) is 47.8 Å². The van der Waals surface area contributed by atoms with Crippen LogP contribution < -0.4 is 0 Å². The van der Waals surface area contributed by atoms with E-state index in [-0.39, 0.29) is 13.2 Å². The maximum atomic E-state index is 10.6. The van der Waals surface area contributed by atoms with Crippen molar-refractivity contribution in [3.63, 3.8) is 0 Å². The van der Waals surface area contributed by atoms with Gasteiger partial charge in [0.25, 0.3) is 0 Å². The highest BCUT2D eigenvalue weighted by Crippen LogP contribution is 2.27. The van der Waals surface area contributed by atoms with Gasteiger partial charge in [-0.2, -0.15) is 0 Å². The molecule has 1 unspecified atom stereocenters. The lowest BCUT2D eigenvalue weighted by atomic mass is 10.1. The van der Waals surface area contributed by atoms with Crippen LogP contribution >= 0.6 is 16.9 Å². The summed E-state index contributed by atoms with van der Waals surface area (Å²) in [7, 11) is -5.39. The summed E-state index contributed by atoms with van der Waals surface area (Å²) in [6, 6.07) is 6.77. The molecule has 0 aromatic carbocycles. The molecular weight excluding hydrogens is 330 g/mol. The quantitative estimate of drug-likeness (QED) is 0.650. The summed E-state index contributed by atoms with van der Waals surface area (Å²) in [5.74, 6) is 0. The second-order valence-corrected chi connectivity index (χ2v) is 5.76. The minimum absolute atomic E-state index is 0.00589. The number of hydrogen-bond donors (Lipinski definition) is 3. The van der Waals surface area contributed by atoms with E-state index in [1.807, 2.05) is 0 Å². The van der Waals surface area contributed by atoms with Crippen LogP contribution in [0.3, 0.4) is 0 Å². The van der Waals surface area contributed by atoms with Crippen LogP contribution in [0.25, 0.3) is 11.4 Å². The Morgan fingerprint density at radius 1 is 1.05 bits per heavy atom. The zero-order valence-corrected chi connectivity index (χ0v) is 13.2. The van der Waals surface area contributed by atoms with Crippen LogP contribution in [0.5, 0.6) is 0 Å². The molecule has 0 bridgehead atoms. The molecule has 3 N–H and O–H groups in total. The van der Waals surface area contributed by atoms with E-state index in [4.69, 9.17) is 19.2 Å². The van der Waals surface area contributed by atoms with Crippen LogP contribution in [0.4, 0.5) is 0 Å². The van der Waals surface area contributed by atoms with Gasteiger partial charge in [-0.3, -0.25) is 14.5 Å². The predicted octanol–water partition coefficient (Wildman–Crippen LogP) is 1.77. The third-order valence-corrected chi connectivity index (χ3v) is 3.37. The lowest BCUT2D eigenvalue weighted by Gasteiger charge is -2.07. The topological polar surface area (TPSA) is 122 Å². The zero-order valence-electron chi connectivity index (χ0n) is 11.3. The van der Waals surface area contributed by atoms with E-state index in [0.717, 1.165) is 0 Å². The zero-order chi connectivity index (χ0) is 15.9.